The SMILES string of the molecule is CCCCCCCCCCCCCCCC/C=C/[C@@H](O)[C@H](CO[C@@H]1O[C@H](CO)[C@H](O)C(O)C1O)NC(=O)CCCCCCCCCCCCCCCCCCCCCC. The molecule has 1 heterocycles. The highest BCUT2D eigenvalue weighted by atomic mass is 16.7. The summed E-state index contributed by atoms with van der Waals surface area (Å²) in [5.41, 5.74) is 0. The van der Waals surface area contributed by atoms with Crippen molar-refractivity contribution in [3.8, 4) is 0 Å². The Morgan fingerprint density at radius 2 is 0.932 bits per heavy atom. The zero-order chi connectivity index (χ0) is 43.0. The summed E-state index contributed by atoms with van der Waals surface area (Å²) >= 11 is 0. The number of unbranched alkanes of at least 4 members (excludes halogenated alkanes) is 33. The number of aliphatic hydroxyl groups excluding tert-OH is 5. The van der Waals surface area contributed by atoms with Gasteiger partial charge in [-0.1, -0.05) is 231 Å². The number of hydrogen-bond donors (Lipinski definition) is 6. The highest BCUT2D eigenvalue weighted by molar-refractivity contribution is 5.76. The second-order valence-corrected chi connectivity index (χ2v) is 18.0. The molecule has 9 nitrogen and oxygen atoms in total. The van der Waals surface area contributed by atoms with E-state index < -0.39 is 49.5 Å². The normalized spacial score (nSPS) is 20.7. The first-order valence-corrected chi connectivity index (χ1v) is 25.4. The number of amides is 1. The van der Waals surface area contributed by atoms with Gasteiger partial charge in [-0.2, -0.15) is 0 Å². The van der Waals surface area contributed by atoms with Gasteiger partial charge in [-0.15, -0.1) is 0 Å². The molecule has 1 aliphatic heterocycles. The molecule has 0 bridgehead atoms. The first kappa shape index (κ1) is 55.9. The van der Waals surface area contributed by atoms with Crippen molar-refractivity contribution in [1.82, 2.24) is 5.32 Å². The van der Waals surface area contributed by atoms with Crippen LogP contribution in [0.1, 0.15) is 245 Å². The van der Waals surface area contributed by atoms with Crippen LogP contribution >= 0.6 is 0 Å². The molecule has 6 N–H and O–H groups in total. The van der Waals surface area contributed by atoms with Gasteiger partial charge in [0.2, 0.25) is 5.91 Å². The van der Waals surface area contributed by atoms with Crippen LogP contribution in [0.5, 0.6) is 0 Å². The molecule has 0 aliphatic carbocycles. The average Bonchev–Trinajstić information content (AvgIpc) is 3.23. The van der Waals surface area contributed by atoms with Crippen molar-refractivity contribution < 1.29 is 39.8 Å². The van der Waals surface area contributed by atoms with Crippen LogP contribution in [0.4, 0.5) is 0 Å². The minimum atomic E-state index is -1.56. The lowest BCUT2D eigenvalue weighted by atomic mass is 9.99. The van der Waals surface area contributed by atoms with Crippen LogP contribution in [0.2, 0.25) is 0 Å². The molecule has 1 amide bonds. The second-order valence-electron chi connectivity index (χ2n) is 18.0. The van der Waals surface area contributed by atoms with E-state index in [2.05, 4.69) is 19.2 Å². The van der Waals surface area contributed by atoms with E-state index in [0.29, 0.717) is 6.42 Å². The van der Waals surface area contributed by atoms with Crippen LogP contribution in [-0.4, -0.2) is 87.5 Å². The Morgan fingerprint density at radius 3 is 1.32 bits per heavy atom. The molecule has 0 saturated carbocycles. The molecule has 0 aromatic carbocycles. The molecule has 0 aromatic heterocycles. The maximum Gasteiger partial charge on any atom is 0.220 e. The summed E-state index contributed by atoms with van der Waals surface area (Å²) in [5, 5.41) is 54.3. The van der Waals surface area contributed by atoms with E-state index in [1.54, 1.807) is 6.08 Å². The zero-order valence-corrected chi connectivity index (χ0v) is 38.5. The number of carbonyl (C=O) groups is 1. The van der Waals surface area contributed by atoms with Crippen LogP contribution < -0.4 is 5.32 Å². The van der Waals surface area contributed by atoms with Crippen LogP contribution in [0, 0.1) is 0 Å². The van der Waals surface area contributed by atoms with Gasteiger partial charge in [-0.05, 0) is 19.3 Å². The van der Waals surface area contributed by atoms with Gasteiger partial charge in [0.15, 0.2) is 6.29 Å². The van der Waals surface area contributed by atoms with Gasteiger partial charge in [0, 0.05) is 6.42 Å². The van der Waals surface area contributed by atoms with Crippen molar-refractivity contribution in [2.24, 2.45) is 0 Å². The molecule has 0 radical (unpaired) electrons. The minimum Gasteiger partial charge on any atom is -0.394 e. The molecule has 59 heavy (non-hydrogen) atoms. The Kier molecular flexibility index (Phi) is 38.9. The van der Waals surface area contributed by atoms with Crippen molar-refractivity contribution in [3.05, 3.63) is 12.2 Å². The first-order valence-electron chi connectivity index (χ1n) is 25.4. The Balaban J connectivity index is 2.28. The Hall–Kier alpha value is -1.07. The van der Waals surface area contributed by atoms with E-state index >= 15 is 0 Å². The number of ether oxygens (including phenoxy) is 2. The molecule has 9 heteroatoms. The fourth-order valence-corrected chi connectivity index (χ4v) is 8.28. The van der Waals surface area contributed by atoms with Gasteiger partial charge in [0.1, 0.15) is 24.4 Å². The van der Waals surface area contributed by atoms with Crippen LogP contribution in [0.25, 0.3) is 0 Å². The molecule has 350 valence electrons. The van der Waals surface area contributed by atoms with Crippen LogP contribution in [0.15, 0.2) is 12.2 Å². The summed E-state index contributed by atoms with van der Waals surface area (Å²) in [6, 6.07) is -0.799. The Bertz CT molecular complexity index is 935. The number of hydrogen-bond acceptors (Lipinski definition) is 8. The van der Waals surface area contributed by atoms with Crippen LogP contribution in [0.3, 0.4) is 0 Å². The van der Waals surface area contributed by atoms with Crippen molar-refractivity contribution in [3.63, 3.8) is 0 Å². The lowest BCUT2D eigenvalue weighted by Gasteiger charge is -2.40. The van der Waals surface area contributed by atoms with E-state index in [1.807, 2.05) is 6.08 Å². The monoisotopic (exact) mass is 840 g/mol. The van der Waals surface area contributed by atoms with Crippen molar-refractivity contribution in [1.29, 1.82) is 0 Å². The molecule has 0 aromatic rings. The fraction of sp³-hybridized carbons (Fsp3) is 0.940. The molecule has 2 unspecified atom stereocenters. The summed E-state index contributed by atoms with van der Waals surface area (Å²) in [6.45, 7) is 3.80. The first-order chi connectivity index (χ1) is 28.8. The molecule has 0 spiro atoms. The van der Waals surface area contributed by atoms with E-state index in [1.165, 1.54) is 186 Å². The number of allylic oxidation sites excluding steroid dienone is 1. The number of aliphatic hydroxyl groups is 5. The van der Waals surface area contributed by atoms with Gasteiger partial charge in [-0.3, -0.25) is 4.79 Å². The van der Waals surface area contributed by atoms with Crippen molar-refractivity contribution in [2.75, 3.05) is 13.2 Å². The maximum atomic E-state index is 13.0. The molecule has 1 rings (SSSR count). The largest absolute Gasteiger partial charge is 0.394 e. The third kappa shape index (κ3) is 31.4. The van der Waals surface area contributed by atoms with E-state index in [9.17, 15) is 30.3 Å². The van der Waals surface area contributed by atoms with Gasteiger partial charge < -0.3 is 40.3 Å². The smallest absolute Gasteiger partial charge is 0.220 e. The lowest BCUT2D eigenvalue weighted by molar-refractivity contribution is -0.302. The third-order valence-electron chi connectivity index (χ3n) is 12.4. The molecule has 1 aliphatic rings. The predicted octanol–water partition coefficient (Wildman–Crippen LogP) is 11.3. The lowest BCUT2D eigenvalue weighted by Crippen LogP contribution is -2.60. The van der Waals surface area contributed by atoms with Gasteiger partial charge >= 0.3 is 0 Å². The van der Waals surface area contributed by atoms with Crippen LogP contribution in [-0.2, 0) is 14.3 Å². The number of nitrogens with one attached hydrogen (secondary N) is 1. The molecule has 1 fully saturated rings. The minimum absolute atomic E-state index is 0.172. The predicted molar refractivity (Wildman–Crippen MR) is 244 cm³/mol. The topological polar surface area (TPSA) is 149 Å². The van der Waals surface area contributed by atoms with E-state index in [0.717, 1.165) is 38.5 Å². The fourth-order valence-electron chi connectivity index (χ4n) is 8.28. The summed E-state index contributed by atoms with van der Waals surface area (Å²) in [4.78, 5) is 13.0. The highest BCUT2D eigenvalue weighted by Crippen LogP contribution is 2.23. The highest BCUT2D eigenvalue weighted by Gasteiger charge is 2.44. The molecular weight excluding hydrogens is 743 g/mol. The summed E-state index contributed by atoms with van der Waals surface area (Å²) in [5.74, 6) is -0.172. The Morgan fingerprint density at radius 1 is 0.559 bits per heavy atom. The quantitative estimate of drug-likeness (QED) is 0.0263. The summed E-state index contributed by atoms with van der Waals surface area (Å²) < 4.78 is 11.2. The summed E-state index contributed by atoms with van der Waals surface area (Å²) in [6.07, 6.45) is 41.1. The van der Waals surface area contributed by atoms with Gasteiger partial charge in [0.05, 0.1) is 25.4 Å². The van der Waals surface area contributed by atoms with E-state index in [-0.39, 0.29) is 12.5 Å². The molecular formula is C50H97NO8. The second kappa shape index (κ2) is 41.0. The Labute approximate surface area is 363 Å². The molecule has 1 saturated heterocycles. The zero-order valence-electron chi connectivity index (χ0n) is 38.5. The number of rotatable bonds is 43. The average molecular weight is 840 g/mol. The maximum absolute atomic E-state index is 13.0. The van der Waals surface area contributed by atoms with E-state index in [4.69, 9.17) is 9.47 Å². The number of carbonyl (C=O) groups excluding carboxylic acids is 1. The van der Waals surface area contributed by atoms with Crippen molar-refractivity contribution >= 4 is 5.91 Å². The van der Waals surface area contributed by atoms with Crippen molar-refractivity contribution in [2.45, 2.75) is 288 Å². The standard InChI is InChI=1S/C50H97NO8/c1-3-5-7-9-11-13-15-17-19-21-22-23-24-26-28-30-32-34-36-38-40-46(54)51-43(42-58-50-49(57)48(56)47(55)45(41-52)59-50)44(53)39-37-35-33-31-29-27-25-20-18-16-14-12-10-8-6-4-2/h37,39,43-45,47-50,52-53,55-57H,3-36,38,40-42H2,1-2H3,(H,51,54)/b39-37+/t43-,44+,45+,47-,48?,49?,50+/m0/s1. The molecule has 7 atom stereocenters. The van der Waals surface area contributed by atoms with Gasteiger partial charge in [0.25, 0.3) is 0 Å². The summed E-state index contributed by atoms with van der Waals surface area (Å²) in [7, 11) is 0. The third-order valence-corrected chi connectivity index (χ3v) is 12.4. The van der Waals surface area contributed by atoms with Gasteiger partial charge in [-0.25, -0.2) is 0 Å².